The Morgan fingerprint density at radius 3 is 2.20 bits per heavy atom. The van der Waals surface area contributed by atoms with Crippen molar-refractivity contribution in [2.45, 2.75) is 54.8 Å². The molecule has 0 saturated heterocycles. The van der Waals surface area contributed by atoms with E-state index in [1.165, 1.54) is 23.4 Å². The summed E-state index contributed by atoms with van der Waals surface area (Å²) in [5, 5.41) is 6.57. The molecule has 6 heteroatoms. The summed E-state index contributed by atoms with van der Waals surface area (Å²) in [6.07, 6.45) is 1.99. The van der Waals surface area contributed by atoms with Crippen molar-refractivity contribution in [1.82, 2.24) is 15.0 Å². The van der Waals surface area contributed by atoms with Crippen LogP contribution in [0, 0.1) is 45.2 Å². The van der Waals surface area contributed by atoms with Crippen LogP contribution in [0.4, 0.5) is 0 Å². The van der Waals surface area contributed by atoms with E-state index in [4.69, 9.17) is 20.7 Å². The fourth-order valence-electron chi connectivity index (χ4n) is 8.33. The van der Waals surface area contributed by atoms with E-state index in [1.54, 1.807) is 24.3 Å². The second-order valence-electron chi connectivity index (χ2n) is 17.2. The quantitative estimate of drug-likeness (QED) is 0.161. The summed E-state index contributed by atoms with van der Waals surface area (Å²) in [6, 6.07) is 50.5. The van der Waals surface area contributed by atoms with Crippen LogP contribution in [0.1, 0.15) is 55.6 Å². The van der Waals surface area contributed by atoms with Crippen molar-refractivity contribution in [1.29, 1.82) is 0 Å². The molecule has 0 spiro atoms. The molecule has 1 radical (unpaired) electrons. The molecule has 0 unspecified atom stereocenters. The summed E-state index contributed by atoms with van der Waals surface area (Å²) in [4.78, 5) is 13.7. The Hall–Kier alpha value is -6.72. The molecule has 11 aromatic rings. The van der Waals surface area contributed by atoms with Crippen LogP contribution in [-0.4, -0.2) is 15.0 Å². The second kappa shape index (κ2) is 17.1. The SMILES string of the molecule is Cc1ccc2c(n1)oc1cc(-c3ccc(-c4cc(-c5[c-]ccc6c5oc5c7ccccc7ccc65)ncc4C)c(C)c3)ccc12.[2H]C([2H])([2H])c1c[c-]c(-c2ccc(C([2H])([2H])C(C)(C)C)cn2)cc1.[Ir]. The second-order valence-corrected chi connectivity index (χ2v) is 17.2. The zero-order chi connectivity index (χ0) is 47.7. The molecule has 0 aliphatic carbocycles. The number of fused-ring (bicyclic) bond motifs is 8. The standard InChI is InChI=1S/C41H27N2O2.C17H20N.Ir/c1-23-19-27(28-14-17-31-34-15-11-25(3)43-41(34)44-38(31)20-28)13-16-29(23)36-21-37(42-22-24(36)2)35-10-6-9-32-33-18-12-26-7-4-5-8-30(26)39(33)45-40(32)35;1-13-5-8-15(9-6-13)16-10-7-14(12-18-16)11-17(2,3)4;/h4-9,11-22H,1-3H3;5-8,10,12H,11H2,1-4H3;/q2*-1;/i;1D3,11D2;. The molecule has 5 aromatic heterocycles. The number of hydrogen-bond acceptors (Lipinski definition) is 5. The van der Waals surface area contributed by atoms with Crippen molar-refractivity contribution >= 4 is 54.8 Å². The van der Waals surface area contributed by atoms with Crippen LogP contribution >= 0.6 is 0 Å². The molecule has 0 N–H and O–H groups in total. The molecule has 11 rings (SSSR count). The van der Waals surface area contributed by atoms with Gasteiger partial charge in [0.15, 0.2) is 0 Å². The molecule has 0 fully saturated rings. The first-order valence-corrected chi connectivity index (χ1v) is 21.1. The first-order valence-electron chi connectivity index (χ1n) is 23.6. The molecule has 0 aliphatic heterocycles. The normalized spacial score (nSPS) is 13.2. The van der Waals surface area contributed by atoms with E-state index >= 15 is 0 Å². The summed E-state index contributed by atoms with van der Waals surface area (Å²) >= 11 is 0. The van der Waals surface area contributed by atoms with Gasteiger partial charge in [0, 0.05) is 66.6 Å². The molecule has 5 nitrogen and oxygen atoms in total. The molecule has 6 aromatic carbocycles. The van der Waals surface area contributed by atoms with Gasteiger partial charge < -0.3 is 18.8 Å². The van der Waals surface area contributed by atoms with Gasteiger partial charge in [0.2, 0.25) is 5.71 Å². The maximum atomic E-state index is 8.25. The maximum Gasteiger partial charge on any atom is 0.227 e. The van der Waals surface area contributed by atoms with Gasteiger partial charge in [0.1, 0.15) is 11.2 Å². The van der Waals surface area contributed by atoms with E-state index in [0.717, 1.165) is 88.3 Å². The summed E-state index contributed by atoms with van der Waals surface area (Å²) in [5.41, 5.74) is 14.3. The number of furan rings is 2. The number of benzene rings is 6. The Morgan fingerprint density at radius 2 is 1.42 bits per heavy atom. The monoisotopic (exact) mass is 1020 g/mol. The van der Waals surface area contributed by atoms with Gasteiger partial charge >= 0.3 is 0 Å². The first-order chi connectivity index (χ1) is 32.4. The van der Waals surface area contributed by atoms with E-state index in [0.29, 0.717) is 22.5 Å². The Balaban J connectivity index is 0.000000210. The molecule has 0 saturated carbocycles. The van der Waals surface area contributed by atoms with Gasteiger partial charge in [-0.25, -0.2) is 4.98 Å². The predicted molar refractivity (Wildman–Crippen MR) is 260 cm³/mol. The van der Waals surface area contributed by atoms with Crippen molar-refractivity contribution in [3.63, 3.8) is 0 Å². The zero-order valence-electron chi connectivity index (χ0n) is 41.3. The summed E-state index contributed by atoms with van der Waals surface area (Å²) in [6.45, 7) is 9.67. The van der Waals surface area contributed by atoms with Gasteiger partial charge in [0.05, 0.1) is 5.58 Å². The van der Waals surface area contributed by atoms with E-state index in [2.05, 4.69) is 127 Å². The van der Waals surface area contributed by atoms with Crippen LogP contribution in [0.5, 0.6) is 0 Å². The third-order valence-corrected chi connectivity index (χ3v) is 11.4. The fourth-order valence-corrected chi connectivity index (χ4v) is 8.33. The third-order valence-electron chi connectivity index (χ3n) is 11.4. The number of rotatable bonds is 5. The van der Waals surface area contributed by atoms with E-state index in [-0.39, 0.29) is 25.7 Å². The third kappa shape index (κ3) is 8.28. The fraction of sp³-hybridized carbons (Fsp3) is 0.155. The van der Waals surface area contributed by atoms with E-state index < -0.39 is 18.6 Å². The molecular formula is C58H47IrN3O2-2. The minimum absolute atomic E-state index is 0. The van der Waals surface area contributed by atoms with Crippen LogP contribution < -0.4 is 0 Å². The molecule has 0 atom stereocenters. The summed E-state index contributed by atoms with van der Waals surface area (Å²) in [5.74, 6) is 0. The molecule has 0 amide bonds. The van der Waals surface area contributed by atoms with Crippen molar-refractivity contribution < 1.29 is 35.8 Å². The number of hydrogen-bond donors (Lipinski definition) is 0. The molecular weight excluding hydrogens is 963 g/mol. The van der Waals surface area contributed by atoms with Crippen molar-refractivity contribution in [2.24, 2.45) is 5.41 Å². The molecule has 64 heavy (non-hydrogen) atoms. The molecule has 0 bridgehead atoms. The van der Waals surface area contributed by atoms with Crippen LogP contribution in [0.25, 0.3) is 99.5 Å². The van der Waals surface area contributed by atoms with Gasteiger partial charge in [-0.1, -0.05) is 117 Å². The maximum absolute atomic E-state index is 8.25. The summed E-state index contributed by atoms with van der Waals surface area (Å²) < 4.78 is 51.3. The minimum atomic E-state index is -2.14. The van der Waals surface area contributed by atoms with Gasteiger partial charge in [-0.2, -0.15) is 0 Å². The average Bonchev–Trinajstić information content (AvgIpc) is 3.89. The van der Waals surface area contributed by atoms with Gasteiger partial charge in [-0.05, 0) is 113 Å². The van der Waals surface area contributed by atoms with Crippen molar-refractivity contribution in [3.8, 4) is 44.8 Å². The molecule has 317 valence electrons. The minimum Gasteiger partial charge on any atom is -0.500 e. The van der Waals surface area contributed by atoms with Crippen molar-refractivity contribution in [2.75, 3.05) is 0 Å². The average molecular weight is 1020 g/mol. The van der Waals surface area contributed by atoms with E-state index in [9.17, 15) is 0 Å². The smallest absolute Gasteiger partial charge is 0.227 e. The molecule has 0 aliphatic rings. The van der Waals surface area contributed by atoms with Crippen LogP contribution in [0.3, 0.4) is 0 Å². The first kappa shape index (κ1) is 36.7. The van der Waals surface area contributed by atoms with Crippen LogP contribution in [-0.2, 0) is 26.5 Å². The van der Waals surface area contributed by atoms with Crippen molar-refractivity contribution in [3.05, 3.63) is 186 Å². The van der Waals surface area contributed by atoms with Gasteiger partial charge in [-0.3, -0.25) is 0 Å². The Kier molecular flexibility index (Phi) is 9.82. The number of nitrogens with zero attached hydrogens (tertiary/aromatic N) is 3. The Labute approximate surface area is 394 Å². The van der Waals surface area contributed by atoms with Crippen LogP contribution in [0.2, 0.25) is 0 Å². The number of pyridine rings is 3. The van der Waals surface area contributed by atoms with Gasteiger partial charge in [0.25, 0.3) is 0 Å². The Morgan fingerprint density at radius 1 is 0.641 bits per heavy atom. The number of aromatic nitrogens is 3. The van der Waals surface area contributed by atoms with E-state index in [1.807, 2.05) is 46.0 Å². The largest absolute Gasteiger partial charge is 0.500 e. The Bertz CT molecular complexity index is 3720. The van der Waals surface area contributed by atoms with Crippen LogP contribution in [0.15, 0.2) is 155 Å². The predicted octanol–water partition coefficient (Wildman–Crippen LogP) is 15.6. The zero-order valence-corrected chi connectivity index (χ0v) is 38.7. The topological polar surface area (TPSA) is 65.0 Å². The summed E-state index contributed by atoms with van der Waals surface area (Å²) in [7, 11) is 0. The molecule has 5 heterocycles. The van der Waals surface area contributed by atoms with Gasteiger partial charge in [-0.15, -0.1) is 53.6 Å². The number of aryl methyl sites for hydroxylation is 4.